The first-order valence-corrected chi connectivity index (χ1v) is 7.83. The molecule has 0 radical (unpaired) electrons. The van der Waals surface area contributed by atoms with E-state index in [9.17, 15) is 4.79 Å². The van der Waals surface area contributed by atoms with Crippen molar-refractivity contribution in [3.8, 4) is 11.1 Å². The second kappa shape index (κ2) is 5.76. The first kappa shape index (κ1) is 13.8. The first-order valence-electron chi connectivity index (χ1n) is 7.83. The van der Waals surface area contributed by atoms with E-state index in [1.807, 2.05) is 36.4 Å². The molecule has 1 N–H and O–H groups in total. The van der Waals surface area contributed by atoms with Crippen molar-refractivity contribution in [2.45, 2.75) is 18.9 Å². The highest BCUT2D eigenvalue weighted by Gasteiger charge is 2.28. The largest absolute Gasteiger partial charge is 0.469 e. The molecule has 114 valence electrons. The molecule has 0 spiro atoms. The molecule has 0 aliphatic heterocycles. The molecule has 1 amide bonds. The molecule has 2 aromatic carbocycles. The van der Waals surface area contributed by atoms with Gasteiger partial charge in [0.2, 0.25) is 5.91 Å². The van der Waals surface area contributed by atoms with E-state index in [1.165, 1.54) is 22.3 Å². The number of carbonyl (C=O) groups is 1. The van der Waals surface area contributed by atoms with Gasteiger partial charge in [0.25, 0.3) is 0 Å². The summed E-state index contributed by atoms with van der Waals surface area (Å²) in [6, 6.07) is 20.2. The molecule has 4 rings (SSSR count). The third-order valence-electron chi connectivity index (χ3n) is 4.32. The summed E-state index contributed by atoms with van der Waals surface area (Å²) in [6.07, 6.45) is 2.68. The Labute approximate surface area is 135 Å². The van der Waals surface area contributed by atoms with Gasteiger partial charge in [-0.25, -0.2) is 0 Å². The number of hydrogen-bond acceptors (Lipinski definition) is 2. The van der Waals surface area contributed by atoms with Crippen LogP contribution in [0.3, 0.4) is 0 Å². The summed E-state index contributed by atoms with van der Waals surface area (Å²) in [5.41, 5.74) is 4.75. The summed E-state index contributed by atoms with van der Waals surface area (Å²) in [5.74, 6) is 0.880. The maximum absolute atomic E-state index is 12.4. The zero-order valence-electron chi connectivity index (χ0n) is 12.7. The molecule has 1 heterocycles. The van der Waals surface area contributed by atoms with E-state index >= 15 is 0 Å². The van der Waals surface area contributed by atoms with Crippen molar-refractivity contribution in [1.29, 1.82) is 0 Å². The fraction of sp³-hybridized carbons (Fsp3) is 0.150. The Morgan fingerprint density at radius 1 is 0.913 bits per heavy atom. The summed E-state index contributed by atoms with van der Waals surface area (Å²) >= 11 is 0. The fourth-order valence-corrected chi connectivity index (χ4v) is 3.24. The molecule has 3 heteroatoms. The lowest BCUT2D eigenvalue weighted by Gasteiger charge is -2.15. The average Bonchev–Trinajstić information content (AvgIpc) is 3.21. The van der Waals surface area contributed by atoms with Crippen LogP contribution < -0.4 is 5.32 Å². The lowest BCUT2D eigenvalue weighted by Crippen LogP contribution is -2.28. The van der Waals surface area contributed by atoms with Crippen LogP contribution >= 0.6 is 0 Å². The van der Waals surface area contributed by atoms with Crippen LogP contribution in [-0.4, -0.2) is 5.91 Å². The van der Waals surface area contributed by atoms with Gasteiger partial charge in [0.15, 0.2) is 0 Å². The first-order chi connectivity index (χ1) is 11.3. The third kappa shape index (κ3) is 2.55. The van der Waals surface area contributed by atoms with Crippen molar-refractivity contribution in [3.05, 3.63) is 83.8 Å². The standard InChI is InChI=1S/C20H17NO2/c22-19(12-11-14-6-5-13-23-14)21-20-17-9-3-1-7-15(17)16-8-2-4-10-18(16)20/h1-10,13,20H,11-12H2,(H,21,22). The molecule has 1 aliphatic carbocycles. The number of furan rings is 1. The van der Waals surface area contributed by atoms with E-state index in [2.05, 4.69) is 29.6 Å². The molecule has 0 saturated carbocycles. The van der Waals surface area contributed by atoms with Crippen LogP contribution in [0.15, 0.2) is 71.3 Å². The molecule has 23 heavy (non-hydrogen) atoms. The number of benzene rings is 2. The minimum absolute atomic E-state index is 0.0397. The van der Waals surface area contributed by atoms with Crippen LogP contribution in [0.25, 0.3) is 11.1 Å². The maximum atomic E-state index is 12.4. The van der Waals surface area contributed by atoms with E-state index in [1.54, 1.807) is 6.26 Å². The topological polar surface area (TPSA) is 42.2 Å². The molecular weight excluding hydrogens is 286 g/mol. The van der Waals surface area contributed by atoms with Crippen LogP contribution in [0, 0.1) is 0 Å². The Morgan fingerprint density at radius 3 is 2.17 bits per heavy atom. The van der Waals surface area contributed by atoms with Crippen LogP contribution in [-0.2, 0) is 11.2 Å². The van der Waals surface area contributed by atoms with Gasteiger partial charge >= 0.3 is 0 Å². The zero-order valence-corrected chi connectivity index (χ0v) is 12.7. The predicted molar refractivity (Wildman–Crippen MR) is 88.9 cm³/mol. The Morgan fingerprint density at radius 2 is 1.57 bits per heavy atom. The highest BCUT2D eigenvalue weighted by molar-refractivity contribution is 5.83. The summed E-state index contributed by atoms with van der Waals surface area (Å²) in [5, 5.41) is 3.17. The van der Waals surface area contributed by atoms with Gasteiger partial charge in [0.05, 0.1) is 12.3 Å². The summed E-state index contributed by atoms with van der Waals surface area (Å²) in [6.45, 7) is 0. The summed E-state index contributed by atoms with van der Waals surface area (Å²) < 4.78 is 5.29. The van der Waals surface area contributed by atoms with Gasteiger partial charge < -0.3 is 9.73 Å². The number of aryl methyl sites for hydroxylation is 1. The second-order valence-electron chi connectivity index (χ2n) is 5.75. The van der Waals surface area contributed by atoms with Crippen molar-refractivity contribution >= 4 is 5.91 Å². The molecule has 1 aliphatic rings. The van der Waals surface area contributed by atoms with Gasteiger partial charge in [-0.05, 0) is 34.4 Å². The van der Waals surface area contributed by atoms with Crippen LogP contribution in [0.2, 0.25) is 0 Å². The fourth-order valence-electron chi connectivity index (χ4n) is 3.24. The van der Waals surface area contributed by atoms with Gasteiger partial charge in [-0.1, -0.05) is 48.5 Å². The molecule has 0 bridgehead atoms. The van der Waals surface area contributed by atoms with Crippen LogP contribution in [0.4, 0.5) is 0 Å². The van der Waals surface area contributed by atoms with E-state index in [0.717, 1.165) is 5.76 Å². The van der Waals surface area contributed by atoms with E-state index in [4.69, 9.17) is 4.42 Å². The van der Waals surface area contributed by atoms with Crippen LogP contribution in [0.5, 0.6) is 0 Å². The lowest BCUT2D eigenvalue weighted by atomic mass is 10.1. The quantitative estimate of drug-likeness (QED) is 0.788. The van der Waals surface area contributed by atoms with Crippen LogP contribution in [0.1, 0.15) is 29.3 Å². The van der Waals surface area contributed by atoms with E-state index in [0.29, 0.717) is 12.8 Å². The lowest BCUT2D eigenvalue weighted by molar-refractivity contribution is -0.121. The number of hydrogen-bond donors (Lipinski definition) is 1. The normalized spacial score (nSPS) is 12.7. The van der Waals surface area contributed by atoms with Gasteiger partial charge in [-0.2, -0.15) is 0 Å². The zero-order chi connectivity index (χ0) is 15.6. The van der Waals surface area contributed by atoms with Crippen molar-refractivity contribution in [1.82, 2.24) is 5.32 Å². The Kier molecular flexibility index (Phi) is 3.46. The molecular formula is C20H17NO2. The van der Waals surface area contributed by atoms with Gasteiger partial charge in [-0.15, -0.1) is 0 Å². The predicted octanol–water partition coefficient (Wildman–Crippen LogP) is 4.10. The number of nitrogens with one attached hydrogen (secondary N) is 1. The smallest absolute Gasteiger partial charge is 0.221 e. The monoisotopic (exact) mass is 303 g/mol. The molecule has 0 saturated heterocycles. The minimum Gasteiger partial charge on any atom is -0.469 e. The molecule has 0 atom stereocenters. The van der Waals surface area contributed by atoms with Gasteiger partial charge in [0.1, 0.15) is 5.76 Å². The van der Waals surface area contributed by atoms with E-state index in [-0.39, 0.29) is 11.9 Å². The molecule has 0 unspecified atom stereocenters. The average molecular weight is 303 g/mol. The second-order valence-corrected chi connectivity index (χ2v) is 5.75. The Hall–Kier alpha value is -2.81. The summed E-state index contributed by atoms with van der Waals surface area (Å²) in [7, 11) is 0. The Bertz CT molecular complexity index is 791. The minimum atomic E-state index is -0.0634. The molecule has 3 nitrogen and oxygen atoms in total. The Balaban J connectivity index is 1.55. The number of amides is 1. The molecule has 3 aromatic rings. The number of carbonyl (C=O) groups excluding carboxylic acids is 1. The van der Waals surface area contributed by atoms with Crippen molar-refractivity contribution in [2.75, 3.05) is 0 Å². The van der Waals surface area contributed by atoms with Gasteiger partial charge in [0, 0.05) is 12.8 Å². The molecule has 1 aromatic heterocycles. The maximum Gasteiger partial charge on any atom is 0.221 e. The number of fused-ring (bicyclic) bond motifs is 3. The third-order valence-corrected chi connectivity index (χ3v) is 4.32. The molecule has 0 fully saturated rings. The SMILES string of the molecule is O=C(CCc1ccco1)NC1c2ccccc2-c2ccccc21. The van der Waals surface area contributed by atoms with Crippen molar-refractivity contribution < 1.29 is 9.21 Å². The van der Waals surface area contributed by atoms with Crippen molar-refractivity contribution in [3.63, 3.8) is 0 Å². The van der Waals surface area contributed by atoms with Gasteiger partial charge in [-0.3, -0.25) is 4.79 Å². The van der Waals surface area contributed by atoms with Crippen molar-refractivity contribution in [2.24, 2.45) is 0 Å². The highest BCUT2D eigenvalue weighted by atomic mass is 16.3. The summed E-state index contributed by atoms with van der Waals surface area (Å²) in [4.78, 5) is 12.4. The van der Waals surface area contributed by atoms with E-state index < -0.39 is 0 Å². The number of rotatable bonds is 4. The highest BCUT2D eigenvalue weighted by Crippen LogP contribution is 2.42.